The van der Waals surface area contributed by atoms with Gasteiger partial charge < -0.3 is 21.7 Å². The zero-order valence-corrected chi connectivity index (χ0v) is 26.0. The number of carboxylic acids is 1. The van der Waals surface area contributed by atoms with Gasteiger partial charge in [-0.15, -0.1) is 0 Å². The molecule has 7 nitrogen and oxygen atoms in total. The van der Waals surface area contributed by atoms with Crippen LogP contribution in [0.2, 0.25) is 0 Å². The van der Waals surface area contributed by atoms with Gasteiger partial charge in [0.2, 0.25) is 11.0 Å². The van der Waals surface area contributed by atoms with E-state index >= 15 is 0 Å². The van der Waals surface area contributed by atoms with E-state index in [9.17, 15) is 9.90 Å². The molecule has 0 aliphatic rings. The number of hydrogen-bond acceptors (Lipinski definition) is 4. The van der Waals surface area contributed by atoms with E-state index < -0.39 is 11.7 Å². The first-order valence-corrected chi connectivity index (χ1v) is 15.6. The van der Waals surface area contributed by atoms with Crippen LogP contribution in [0.3, 0.4) is 0 Å². The molecule has 0 aliphatic heterocycles. The van der Waals surface area contributed by atoms with Crippen molar-refractivity contribution in [2.24, 2.45) is 0 Å². The number of nitrogens with zero attached hydrogens (tertiary/aromatic N) is 2. The molecular weight excluding hydrogens is 548 g/mol. The Morgan fingerprint density at radius 1 is 0.636 bits per heavy atom. The van der Waals surface area contributed by atoms with Crippen molar-refractivity contribution in [2.45, 2.75) is 78.3 Å². The van der Waals surface area contributed by atoms with Crippen molar-refractivity contribution in [2.75, 3.05) is 11.5 Å². The van der Waals surface area contributed by atoms with E-state index in [2.05, 4.69) is 83.6 Å². The molecule has 5 N–H and O–H groups in total. The van der Waals surface area contributed by atoms with Gasteiger partial charge in [-0.25, -0.2) is 4.79 Å². The lowest BCUT2D eigenvalue weighted by Crippen LogP contribution is -2.38. The summed E-state index contributed by atoms with van der Waals surface area (Å²) in [6.07, 6.45) is 10.3. The average Bonchev–Trinajstić information content (AvgIpc) is 3.01. The van der Waals surface area contributed by atoms with Crippen molar-refractivity contribution in [3.63, 3.8) is 0 Å². The highest BCUT2D eigenvalue weighted by molar-refractivity contribution is 5.90. The minimum Gasteiger partial charge on any atom is -0.872 e. The van der Waals surface area contributed by atoms with Crippen LogP contribution in [0.5, 0.6) is 5.75 Å². The second-order valence-corrected chi connectivity index (χ2v) is 11.4. The van der Waals surface area contributed by atoms with Crippen LogP contribution in [0.25, 0.3) is 21.8 Å². The van der Waals surface area contributed by atoms with Crippen molar-refractivity contribution in [3.05, 3.63) is 102 Å². The van der Waals surface area contributed by atoms with Gasteiger partial charge in [-0.1, -0.05) is 73.9 Å². The number of fused-ring (bicyclic) bond motifs is 2. The molecule has 0 saturated carbocycles. The first-order chi connectivity index (χ1) is 21.3. The second kappa shape index (κ2) is 15.7. The molecule has 2 aromatic heterocycles. The third-order valence-electron chi connectivity index (χ3n) is 8.22. The molecule has 0 radical (unpaired) electrons. The summed E-state index contributed by atoms with van der Waals surface area (Å²) >= 11 is 0. The van der Waals surface area contributed by atoms with Crippen LogP contribution in [0.1, 0.15) is 73.1 Å². The summed E-state index contributed by atoms with van der Waals surface area (Å²) in [5.41, 5.74) is 19.0. The van der Waals surface area contributed by atoms with Crippen LogP contribution < -0.4 is 25.7 Å². The molecule has 5 aromatic rings. The van der Waals surface area contributed by atoms with Gasteiger partial charge in [0.05, 0.1) is 27.7 Å². The van der Waals surface area contributed by atoms with Crippen molar-refractivity contribution < 1.29 is 24.1 Å². The molecule has 2 heterocycles. The number of hydrogen-bond donors (Lipinski definition) is 3. The SMILES string of the molecule is Cc1cc(N)c2ccccc2[n+]1CCCCCCCCCC[n+]1c(C)cc(N)c2ccccc21.O=C(O)c1ccccc1[O-]. The maximum atomic E-state index is 10.7. The molecule has 0 atom stereocenters. The summed E-state index contributed by atoms with van der Waals surface area (Å²) in [7, 11) is 0. The Hall–Kier alpha value is -4.65. The molecule has 0 fully saturated rings. The number of aromatic nitrogens is 2. The van der Waals surface area contributed by atoms with Gasteiger partial charge in [0, 0.05) is 51.0 Å². The number of pyridine rings is 2. The maximum Gasteiger partial charge on any atom is 0.335 e. The van der Waals surface area contributed by atoms with Crippen molar-refractivity contribution >= 4 is 39.1 Å². The van der Waals surface area contributed by atoms with E-state index in [0.29, 0.717) is 0 Å². The molecule has 44 heavy (non-hydrogen) atoms. The zero-order valence-electron chi connectivity index (χ0n) is 26.0. The number of rotatable bonds is 12. The molecule has 0 amide bonds. The van der Waals surface area contributed by atoms with Gasteiger partial charge in [0.25, 0.3) is 0 Å². The van der Waals surface area contributed by atoms with E-state index in [-0.39, 0.29) is 5.56 Å². The Bertz CT molecular complexity index is 1620. The van der Waals surface area contributed by atoms with E-state index in [1.165, 1.54) is 98.1 Å². The summed E-state index contributed by atoms with van der Waals surface area (Å²) in [5, 5.41) is 21.4. The van der Waals surface area contributed by atoms with E-state index in [4.69, 9.17) is 16.6 Å². The molecule has 0 aliphatic carbocycles. The summed E-state index contributed by atoms with van der Waals surface area (Å²) < 4.78 is 4.85. The minimum atomic E-state index is -1.18. The lowest BCUT2D eigenvalue weighted by atomic mass is 10.1. The number of anilines is 2. The van der Waals surface area contributed by atoms with Crippen molar-refractivity contribution in [1.29, 1.82) is 0 Å². The number of carboxylic acid groups (broad SMARTS) is 1. The Balaban J connectivity index is 0.000000375. The third-order valence-corrected chi connectivity index (χ3v) is 8.22. The summed E-state index contributed by atoms with van der Waals surface area (Å²) in [4.78, 5) is 10.2. The maximum absolute atomic E-state index is 10.7. The van der Waals surface area contributed by atoms with Gasteiger partial charge in [-0.05, 0) is 31.0 Å². The highest BCUT2D eigenvalue weighted by atomic mass is 16.4. The average molecular weight is 594 g/mol. The zero-order chi connectivity index (χ0) is 31.5. The molecule has 0 bridgehead atoms. The largest absolute Gasteiger partial charge is 0.872 e. The van der Waals surface area contributed by atoms with E-state index in [0.717, 1.165) is 35.2 Å². The number of aromatic carboxylic acids is 1. The third kappa shape index (κ3) is 8.25. The predicted octanol–water partition coefficient (Wildman–Crippen LogP) is 6.63. The van der Waals surface area contributed by atoms with E-state index in [1.54, 1.807) is 0 Å². The minimum absolute atomic E-state index is 0.178. The Kier molecular flexibility index (Phi) is 11.5. The fourth-order valence-corrected chi connectivity index (χ4v) is 5.89. The van der Waals surface area contributed by atoms with Crippen molar-refractivity contribution in [1.82, 2.24) is 0 Å². The predicted molar refractivity (Wildman–Crippen MR) is 176 cm³/mol. The van der Waals surface area contributed by atoms with Gasteiger partial charge >= 0.3 is 5.97 Å². The number of benzene rings is 3. The molecule has 0 unspecified atom stereocenters. The van der Waals surface area contributed by atoms with Crippen LogP contribution in [0, 0.1) is 13.8 Å². The van der Waals surface area contributed by atoms with Gasteiger partial charge in [0.15, 0.2) is 11.4 Å². The lowest BCUT2D eigenvalue weighted by Gasteiger charge is -2.08. The summed E-state index contributed by atoms with van der Waals surface area (Å²) in [5.74, 6) is -1.62. The molecule has 230 valence electrons. The highest BCUT2D eigenvalue weighted by Crippen LogP contribution is 2.20. The van der Waals surface area contributed by atoms with Crippen LogP contribution in [-0.4, -0.2) is 11.1 Å². The Labute approximate surface area is 260 Å². The van der Waals surface area contributed by atoms with Crippen LogP contribution in [-0.2, 0) is 13.1 Å². The smallest absolute Gasteiger partial charge is 0.335 e. The molecule has 0 saturated heterocycles. The number of nitrogen functional groups attached to an aromatic ring is 2. The second-order valence-electron chi connectivity index (χ2n) is 11.4. The summed E-state index contributed by atoms with van der Waals surface area (Å²) in [6.45, 7) is 6.46. The molecule has 5 rings (SSSR count). The summed E-state index contributed by atoms with van der Waals surface area (Å²) in [6, 6.07) is 26.7. The van der Waals surface area contributed by atoms with Gasteiger partial charge in [-0.2, -0.15) is 9.13 Å². The number of nitrogens with two attached hydrogens (primary N) is 2. The molecular formula is C37H45N4O3+. The lowest BCUT2D eigenvalue weighted by molar-refractivity contribution is -0.678. The van der Waals surface area contributed by atoms with Crippen LogP contribution in [0.15, 0.2) is 84.9 Å². The number of carbonyl (C=O) groups is 1. The standard InChI is InChI=1S/C30H38N4.C7H6O3/c1-23-21-27(31)25-15-9-11-17-29(25)33(23)19-13-7-5-3-4-6-8-14-20-34-24(2)22-28(32)26-16-10-12-18-30(26)34;8-6-4-2-1-3-5(6)7(9)10/h9-12,15-18,21-22,31-32H,3-8,13-14,19-20H2,1-2H3;1-4,8H,(H,9,10)/p+1. The topological polar surface area (TPSA) is 120 Å². The fourth-order valence-electron chi connectivity index (χ4n) is 5.89. The fraction of sp³-hybridized carbons (Fsp3) is 0.324. The normalized spacial score (nSPS) is 11.0. The highest BCUT2D eigenvalue weighted by Gasteiger charge is 2.16. The number of para-hydroxylation sites is 3. The van der Waals surface area contributed by atoms with Gasteiger partial charge in [0.1, 0.15) is 13.1 Å². The monoisotopic (exact) mass is 593 g/mol. The molecule has 0 spiro atoms. The molecule has 7 heteroatoms. The Morgan fingerprint density at radius 2 is 1.02 bits per heavy atom. The van der Waals surface area contributed by atoms with E-state index in [1.807, 2.05) is 0 Å². The van der Waals surface area contributed by atoms with Crippen LogP contribution in [0.4, 0.5) is 11.4 Å². The number of unbranched alkanes of at least 4 members (excludes halogenated alkanes) is 7. The number of aryl methyl sites for hydroxylation is 4. The quantitative estimate of drug-likeness (QED) is 0.111. The first-order valence-electron chi connectivity index (χ1n) is 15.6. The Morgan fingerprint density at radius 3 is 1.43 bits per heavy atom. The van der Waals surface area contributed by atoms with Crippen molar-refractivity contribution in [3.8, 4) is 5.75 Å². The molecule has 3 aromatic carbocycles. The first kappa shape index (κ1) is 32.3. The van der Waals surface area contributed by atoms with Gasteiger partial charge in [-0.3, -0.25) is 0 Å². The van der Waals surface area contributed by atoms with Crippen LogP contribution >= 0.6 is 0 Å².